The Morgan fingerprint density at radius 1 is 1.29 bits per heavy atom. The topological polar surface area (TPSA) is 59.2 Å². The van der Waals surface area contributed by atoms with Gasteiger partial charge in [-0.1, -0.05) is 42.1 Å². The SMILES string of the molecule is Cc1nnc(SCC(C)(O)c2ccccc2)o1. The average Bonchev–Trinajstić information content (AvgIpc) is 2.74. The minimum Gasteiger partial charge on any atom is -0.416 e. The first-order chi connectivity index (χ1) is 8.08. The number of aromatic nitrogens is 2. The highest BCUT2D eigenvalue weighted by atomic mass is 32.2. The standard InChI is InChI=1S/C12H14N2O2S/c1-9-13-14-11(16-9)17-8-12(2,15)10-6-4-3-5-7-10/h3-7,15H,8H2,1-2H3. The summed E-state index contributed by atoms with van der Waals surface area (Å²) in [6.45, 7) is 3.52. The Bertz CT molecular complexity index is 482. The summed E-state index contributed by atoms with van der Waals surface area (Å²) in [5.74, 6) is 1.01. The third-order valence-corrected chi connectivity index (χ3v) is 3.50. The summed E-state index contributed by atoms with van der Waals surface area (Å²) in [5.41, 5.74) is -0.0300. The Balaban J connectivity index is 2.03. The lowest BCUT2D eigenvalue weighted by Crippen LogP contribution is -2.24. The summed E-state index contributed by atoms with van der Waals surface area (Å²) in [4.78, 5) is 0. The van der Waals surface area contributed by atoms with Crippen LogP contribution in [0.1, 0.15) is 18.4 Å². The zero-order valence-electron chi connectivity index (χ0n) is 9.75. The van der Waals surface area contributed by atoms with Crippen molar-refractivity contribution >= 4 is 11.8 Å². The third-order valence-electron chi connectivity index (χ3n) is 2.38. The first-order valence-corrected chi connectivity index (χ1v) is 6.27. The van der Waals surface area contributed by atoms with E-state index in [9.17, 15) is 5.11 Å². The number of hydrogen-bond acceptors (Lipinski definition) is 5. The van der Waals surface area contributed by atoms with Gasteiger partial charge in [0.25, 0.3) is 5.22 Å². The molecule has 0 aliphatic heterocycles. The first-order valence-electron chi connectivity index (χ1n) is 5.29. The Morgan fingerprint density at radius 2 is 2.00 bits per heavy atom. The molecule has 2 aromatic rings. The molecule has 5 heteroatoms. The fraction of sp³-hybridized carbons (Fsp3) is 0.333. The minimum atomic E-state index is -0.908. The van der Waals surface area contributed by atoms with Gasteiger partial charge in [-0.25, -0.2) is 0 Å². The van der Waals surface area contributed by atoms with Crippen molar-refractivity contribution in [3.63, 3.8) is 0 Å². The van der Waals surface area contributed by atoms with Crippen molar-refractivity contribution in [2.45, 2.75) is 24.7 Å². The summed E-state index contributed by atoms with van der Waals surface area (Å²) in [6.07, 6.45) is 0. The Hall–Kier alpha value is -1.33. The second-order valence-electron chi connectivity index (χ2n) is 4.02. The predicted octanol–water partition coefficient (Wildman–Crippen LogP) is 2.38. The number of thioether (sulfide) groups is 1. The molecule has 0 aliphatic carbocycles. The van der Waals surface area contributed by atoms with E-state index in [1.807, 2.05) is 30.3 Å². The van der Waals surface area contributed by atoms with Crippen molar-refractivity contribution in [1.29, 1.82) is 0 Å². The number of benzene rings is 1. The normalized spacial score (nSPS) is 14.5. The van der Waals surface area contributed by atoms with Gasteiger partial charge < -0.3 is 9.52 Å². The fourth-order valence-electron chi connectivity index (χ4n) is 1.42. The van der Waals surface area contributed by atoms with Gasteiger partial charge in [0.1, 0.15) is 0 Å². The number of rotatable bonds is 4. The molecule has 0 aliphatic rings. The molecule has 1 atom stereocenters. The van der Waals surface area contributed by atoms with Crippen LogP contribution in [0.3, 0.4) is 0 Å². The molecule has 0 bridgehead atoms. The molecule has 0 saturated carbocycles. The first kappa shape index (κ1) is 12.1. The number of nitrogens with zero attached hydrogens (tertiary/aromatic N) is 2. The van der Waals surface area contributed by atoms with Crippen LogP contribution in [-0.2, 0) is 5.60 Å². The van der Waals surface area contributed by atoms with Crippen LogP contribution >= 0.6 is 11.8 Å². The summed E-state index contributed by atoms with van der Waals surface area (Å²) < 4.78 is 5.24. The van der Waals surface area contributed by atoms with E-state index in [0.29, 0.717) is 16.9 Å². The van der Waals surface area contributed by atoms with E-state index in [-0.39, 0.29) is 0 Å². The van der Waals surface area contributed by atoms with E-state index in [4.69, 9.17) is 4.42 Å². The molecule has 1 unspecified atom stereocenters. The van der Waals surface area contributed by atoms with Gasteiger partial charge in [-0.15, -0.1) is 10.2 Å². The van der Waals surface area contributed by atoms with Gasteiger partial charge in [0.05, 0.1) is 5.60 Å². The molecule has 17 heavy (non-hydrogen) atoms. The van der Waals surface area contributed by atoms with Crippen LogP contribution in [0.25, 0.3) is 0 Å². The number of aliphatic hydroxyl groups is 1. The zero-order chi connectivity index (χ0) is 12.3. The number of hydrogen-bond donors (Lipinski definition) is 1. The summed E-state index contributed by atoms with van der Waals surface area (Å²) in [6, 6.07) is 9.55. The van der Waals surface area contributed by atoms with Crippen molar-refractivity contribution in [3.05, 3.63) is 41.8 Å². The molecule has 1 N–H and O–H groups in total. The highest BCUT2D eigenvalue weighted by Gasteiger charge is 2.24. The van der Waals surface area contributed by atoms with Gasteiger partial charge in [-0.3, -0.25) is 0 Å². The highest BCUT2D eigenvalue weighted by Crippen LogP contribution is 2.28. The summed E-state index contributed by atoms with van der Waals surface area (Å²) in [7, 11) is 0. The average molecular weight is 250 g/mol. The Morgan fingerprint density at radius 3 is 2.59 bits per heavy atom. The monoisotopic (exact) mass is 250 g/mol. The van der Waals surface area contributed by atoms with Crippen molar-refractivity contribution in [1.82, 2.24) is 10.2 Å². The fourth-order valence-corrected chi connectivity index (χ4v) is 2.27. The summed E-state index contributed by atoms with van der Waals surface area (Å²) >= 11 is 1.35. The van der Waals surface area contributed by atoms with E-state index in [1.54, 1.807) is 13.8 Å². The van der Waals surface area contributed by atoms with Crippen LogP contribution in [0.15, 0.2) is 40.0 Å². The molecule has 0 amide bonds. The molecule has 0 spiro atoms. The van der Waals surface area contributed by atoms with E-state index in [2.05, 4.69) is 10.2 Å². The smallest absolute Gasteiger partial charge is 0.276 e. The second kappa shape index (κ2) is 4.89. The number of aryl methyl sites for hydroxylation is 1. The van der Waals surface area contributed by atoms with Gasteiger partial charge in [0.15, 0.2) is 0 Å². The molecule has 4 nitrogen and oxygen atoms in total. The van der Waals surface area contributed by atoms with Gasteiger partial charge in [0, 0.05) is 12.7 Å². The lowest BCUT2D eigenvalue weighted by Gasteiger charge is -2.22. The second-order valence-corrected chi connectivity index (χ2v) is 4.94. The zero-order valence-corrected chi connectivity index (χ0v) is 10.6. The van der Waals surface area contributed by atoms with E-state index in [1.165, 1.54) is 11.8 Å². The summed E-state index contributed by atoms with van der Waals surface area (Å²) in [5, 5.41) is 18.4. The highest BCUT2D eigenvalue weighted by molar-refractivity contribution is 7.99. The maximum atomic E-state index is 10.3. The lowest BCUT2D eigenvalue weighted by molar-refractivity contribution is 0.0837. The van der Waals surface area contributed by atoms with E-state index in [0.717, 1.165) is 5.56 Å². The van der Waals surface area contributed by atoms with Crippen LogP contribution in [0.5, 0.6) is 0 Å². The maximum absolute atomic E-state index is 10.3. The minimum absolute atomic E-state index is 0.471. The van der Waals surface area contributed by atoms with Gasteiger partial charge in [-0.2, -0.15) is 0 Å². The largest absolute Gasteiger partial charge is 0.416 e. The van der Waals surface area contributed by atoms with Gasteiger partial charge in [-0.05, 0) is 12.5 Å². The van der Waals surface area contributed by atoms with E-state index >= 15 is 0 Å². The molecule has 1 heterocycles. The van der Waals surface area contributed by atoms with Gasteiger partial charge >= 0.3 is 0 Å². The van der Waals surface area contributed by atoms with Crippen LogP contribution in [0.2, 0.25) is 0 Å². The third kappa shape index (κ3) is 3.08. The Kier molecular flexibility index (Phi) is 3.49. The quantitative estimate of drug-likeness (QED) is 0.844. The van der Waals surface area contributed by atoms with Gasteiger partial charge in [0.2, 0.25) is 5.89 Å². The molecular weight excluding hydrogens is 236 g/mol. The lowest BCUT2D eigenvalue weighted by atomic mass is 9.99. The molecular formula is C12H14N2O2S. The van der Waals surface area contributed by atoms with Crippen LogP contribution in [0.4, 0.5) is 0 Å². The molecule has 0 saturated heterocycles. The molecule has 0 fully saturated rings. The van der Waals surface area contributed by atoms with Crippen molar-refractivity contribution in [3.8, 4) is 0 Å². The van der Waals surface area contributed by atoms with E-state index < -0.39 is 5.60 Å². The molecule has 1 aromatic heterocycles. The maximum Gasteiger partial charge on any atom is 0.276 e. The molecule has 2 rings (SSSR count). The Labute approximate surface area is 104 Å². The molecule has 90 valence electrons. The van der Waals surface area contributed by atoms with Crippen molar-refractivity contribution < 1.29 is 9.52 Å². The van der Waals surface area contributed by atoms with Crippen LogP contribution < -0.4 is 0 Å². The van der Waals surface area contributed by atoms with Crippen LogP contribution in [-0.4, -0.2) is 21.1 Å². The molecule has 0 radical (unpaired) electrons. The van der Waals surface area contributed by atoms with Crippen molar-refractivity contribution in [2.75, 3.05) is 5.75 Å². The van der Waals surface area contributed by atoms with Crippen molar-refractivity contribution in [2.24, 2.45) is 0 Å². The van der Waals surface area contributed by atoms with Crippen LogP contribution in [0, 0.1) is 6.92 Å². The predicted molar refractivity (Wildman–Crippen MR) is 65.8 cm³/mol. The molecule has 1 aromatic carbocycles.